The van der Waals surface area contributed by atoms with Gasteiger partial charge in [-0.25, -0.2) is 4.68 Å². The Kier molecular flexibility index (Phi) is 5.32. The molecule has 1 unspecified atom stereocenters. The molecule has 7 heteroatoms. The zero-order chi connectivity index (χ0) is 23.1. The standard InChI is InChI=1S/C27H28N4O3/c32-26(23-17-21(19-13-14-19)28-31(23)20-9-3-1-4-10-20)30-18-25(27(33)29-15-7-2-8-16-29)34-24-12-6-5-11-22(24)30/h1,3-6,9-12,17,19,25H,2,7-8,13-16,18H2. The van der Waals surface area contributed by atoms with E-state index in [0.717, 1.165) is 56.6 Å². The second kappa shape index (κ2) is 8.63. The maximum atomic E-state index is 14.0. The average molecular weight is 457 g/mol. The van der Waals surface area contributed by atoms with E-state index >= 15 is 0 Å². The second-order valence-electron chi connectivity index (χ2n) is 9.35. The molecule has 0 N–H and O–H groups in total. The highest BCUT2D eigenvalue weighted by Gasteiger charge is 2.38. The first-order valence-electron chi connectivity index (χ1n) is 12.2. The van der Waals surface area contributed by atoms with E-state index in [-0.39, 0.29) is 18.4 Å². The van der Waals surface area contributed by atoms with Gasteiger partial charge in [0.2, 0.25) is 0 Å². The highest BCUT2D eigenvalue weighted by molar-refractivity contribution is 6.07. The number of hydrogen-bond donors (Lipinski definition) is 0. The maximum Gasteiger partial charge on any atom is 0.277 e. The third-order valence-electron chi connectivity index (χ3n) is 6.91. The van der Waals surface area contributed by atoms with E-state index in [4.69, 9.17) is 9.84 Å². The summed E-state index contributed by atoms with van der Waals surface area (Å²) >= 11 is 0. The van der Waals surface area contributed by atoms with Gasteiger partial charge in [0.25, 0.3) is 11.8 Å². The number of para-hydroxylation sites is 3. The van der Waals surface area contributed by atoms with E-state index in [1.165, 1.54) is 0 Å². The molecule has 1 atom stereocenters. The molecule has 1 aliphatic carbocycles. The summed E-state index contributed by atoms with van der Waals surface area (Å²) in [5.74, 6) is 0.769. The lowest BCUT2D eigenvalue weighted by Crippen LogP contribution is -2.53. The van der Waals surface area contributed by atoms with Gasteiger partial charge in [-0.2, -0.15) is 5.10 Å². The smallest absolute Gasteiger partial charge is 0.277 e. The number of rotatable bonds is 4. The zero-order valence-electron chi connectivity index (χ0n) is 19.1. The van der Waals surface area contributed by atoms with Gasteiger partial charge in [0.1, 0.15) is 11.4 Å². The van der Waals surface area contributed by atoms with E-state index in [1.54, 1.807) is 9.58 Å². The van der Waals surface area contributed by atoms with Crippen LogP contribution in [0.1, 0.15) is 54.2 Å². The van der Waals surface area contributed by atoms with Crippen LogP contribution in [0.15, 0.2) is 60.7 Å². The summed E-state index contributed by atoms with van der Waals surface area (Å²) in [6.45, 7) is 1.68. The molecule has 34 heavy (non-hydrogen) atoms. The van der Waals surface area contributed by atoms with Gasteiger partial charge in [0.15, 0.2) is 6.10 Å². The Morgan fingerprint density at radius 2 is 1.65 bits per heavy atom. The molecule has 7 nitrogen and oxygen atoms in total. The largest absolute Gasteiger partial charge is 0.476 e. The first kappa shape index (κ1) is 21.0. The number of anilines is 1. The van der Waals surface area contributed by atoms with Gasteiger partial charge in [0.05, 0.1) is 23.6 Å². The molecule has 2 aliphatic heterocycles. The molecule has 1 saturated carbocycles. The van der Waals surface area contributed by atoms with Crippen molar-refractivity contribution >= 4 is 17.5 Å². The van der Waals surface area contributed by atoms with Crippen molar-refractivity contribution in [2.24, 2.45) is 0 Å². The van der Waals surface area contributed by atoms with Gasteiger partial charge in [-0.15, -0.1) is 0 Å². The van der Waals surface area contributed by atoms with Gasteiger partial charge < -0.3 is 9.64 Å². The third-order valence-corrected chi connectivity index (χ3v) is 6.91. The summed E-state index contributed by atoms with van der Waals surface area (Å²) in [7, 11) is 0. The minimum atomic E-state index is -0.715. The highest BCUT2D eigenvalue weighted by Crippen LogP contribution is 2.40. The molecule has 1 aromatic heterocycles. The fourth-order valence-corrected chi connectivity index (χ4v) is 4.91. The van der Waals surface area contributed by atoms with Gasteiger partial charge in [0, 0.05) is 19.0 Å². The molecule has 0 spiro atoms. The van der Waals surface area contributed by atoms with Crippen LogP contribution >= 0.6 is 0 Å². The lowest BCUT2D eigenvalue weighted by Gasteiger charge is -2.37. The molecule has 2 amide bonds. The Morgan fingerprint density at radius 1 is 0.912 bits per heavy atom. The molecule has 2 fully saturated rings. The SMILES string of the molecule is O=C(C1CN(C(=O)c2cc(C3CC3)nn2-c2ccccc2)c2ccccc2O1)N1CCCCC1. The molecule has 0 bridgehead atoms. The van der Waals surface area contributed by atoms with E-state index < -0.39 is 6.10 Å². The topological polar surface area (TPSA) is 67.7 Å². The Bertz CT molecular complexity index is 1210. The van der Waals surface area contributed by atoms with Crippen LogP contribution in [0.25, 0.3) is 5.69 Å². The molecule has 0 radical (unpaired) electrons. The minimum absolute atomic E-state index is 0.0396. The molecule has 3 aliphatic rings. The number of carbonyl (C=O) groups is 2. The van der Waals surface area contributed by atoms with E-state index in [2.05, 4.69) is 0 Å². The summed E-state index contributed by atoms with van der Waals surface area (Å²) in [5.41, 5.74) is 2.99. The van der Waals surface area contributed by atoms with Crippen molar-refractivity contribution in [3.63, 3.8) is 0 Å². The number of piperidine rings is 1. The van der Waals surface area contributed by atoms with Crippen LogP contribution in [0.2, 0.25) is 0 Å². The normalized spacial score (nSPS) is 19.9. The lowest BCUT2D eigenvalue weighted by atomic mass is 10.1. The summed E-state index contributed by atoms with van der Waals surface area (Å²) in [6.07, 6.45) is 4.66. The van der Waals surface area contributed by atoms with Gasteiger partial charge in [-0.05, 0) is 62.4 Å². The van der Waals surface area contributed by atoms with Gasteiger partial charge in [-0.3, -0.25) is 14.5 Å². The van der Waals surface area contributed by atoms with Gasteiger partial charge in [-0.1, -0.05) is 30.3 Å². The monoisotopic (exact) mass is 456 g/mol. The zero-order valence-corrected chi connectivity index (χ0v) is 19.1. The molecule has 174 valence electrons. The number of likely N-dealkylation sites (tertiary alicyclic amines) is 1. The first-order chi connectivity index (χ1) is 16.7. The molecule has 3 heterocycles. The summed E-state index contributed by atoms with van der Waals surface area (Å²) in [4.78, 5) is 30.9. The molecular formula is C27H28N4O3. The van der Waals surface area contributed by atoms with Crippen molar-refractivity contribution in [3.8, 4) is 11.4 Å². The van der Waals surface area contributed by atoms with Crippen LogP contribution in [0.3, 0.4) is 0 Å². The number of amides is 2. The number of fused-ring (bicyclic) bond motifs is 1. The number of aromatic nitrogens is 2. The highest BCUT2D eigenvalue weighted by atomic mass is 16.5. The van der Waals surface area contributed by atoms with E-state index in [1.807, 2.05) is 65.6 Å². The van der Waals surface area contributed by atoms with E-state index in [0.29, 0.717) is 23.0 Å². The van der Waals surface area contributed by atoms with Crippen molar-refractivity contribution < 1.29 is 14.3 Å². The number of nitrogens with zero attached hydrogens (tertiary/aromatic N) is 4. The fraction of sp³-hybridized carbons (Fsp3) is 0.370. The minimum Gasteiger partial charge on any atom is -0.476 e. The Labute approximate surface area is 198 Å². The average Bonchev–Trinajstić information content (AvgIpc) is 3.66. The van der Waals surface area contributed by atoms with Crippen molar-refractivity contribution in [3.05, 3.63) is 72.1 Å². The fourth-order valence-electron chi connectivity index (χ4n) is 4.91. The number of benzene rings is 2. The third kappa shape index (κ3) is 3.85. The predicted molar refractivity (Wildman–Crippen MR) is 129 cm³/mol. The molecule has 1 saturated heterocycles. The van der Waals surface area contributed by atoms with Crippen LogP contribution in [0.5, 0.6) is 5.75 Å². The van der Waals surface area contributed by atoms with Crippen molar-refractivity contribution in [2.45, 2.75) is 44.1 Å². The summed E-state index contributed by atoms with van der Waals surface area (Å²) < 4.78 is 7.87. The van der Waals surface area contributed by atoms with Crippen LogP contribution in [0, 0.1) is 0 Å². The van der Waals surface area contributed by atoms with Gasteiger partial charge >= 0.3 is 0 Å². The molecule has 3 aromatic rings. The molecule has 2 aromatic carbocycles. The Balaban J connectivity index is 1.36. The Morgan fingerprint density at radius 3 is 2.41 bits per heavy atom. The van der Waals surface area contributed by atoms with Crippen LogP contribution in [-0.4, -0.2) is 52.2 Å². The van der Waals surface area contributed by atoms with Crippen molar-refractivity contribution in [1.82, 2.24) is 14.7 Å². The lowest BCUT2D eigenvalue weighted by molar-refractivity contribution is -0.139. The van der Waals surface area contributed by atoms with E-state index in [9.17, 15) is 9.59 Å². The predicted octanol–water partition coefficient (Wildman–Crippen LogP) is 4.17. The summed E-state index contributed by atoms with van der Waals surface area (Å²) in [5, 5.41) is 4.80. The summed E-state index contributed by atoms with van der Waals surface area (Å²) in [6, 6.07) is 19.1. The second-order valence-corrected chi connectivity index (χ2v) is 9.35. The maximum absolute atomic E-state index is 14.0. The van der Waals surface area contributed by atoms with Crippen LogP contribution < -0.4 is 9.64 Å². The molecular weight excluding hydrogens is 428 g/mol. The first-order valence-corrected chi connectivity index (χ1v) is 12.2. The quantitative estimate of drug-likeness (QED) is 0.591. The van der Waals surface area contributed by atoms with Crippen molar-refractivity contribution in [2.75, 3.05) is 24.5 Å². The number of hydrogen-bond acceptors (Lipinski definition) is 4. The number of ether oxygens (including phenoxy) is 1. The Hall–Kier alpha value is -3.61. The van der Waals surface area contributed by atoms with Crippen LogP contribution in [-0.2, 0) is 4.79 Å². The number of carbonyl (C=O) groups excluding carboxylic acids is 2. The van der Waals surface area contributed by atoms with Crippen molar-refractivity contribution in [1.29, 1.82) is 0 Å². The van der Waals surface area contributed by atoms with Crippen LogP contribution in [0.4, 0.5) is 5.69 Å². The molecule has 6 rings (SSSR count).